The highest BCUT2D eigenvalue weighted by molar-refractivity contribution is 8.14. The fourth-order valence-electron chi connectivity index (χ4n) is 2.65. The zero-order chi connectivity index (χ0) is 20.3. The Morgan fingerprint density at radius 3 is 2.57 bits per heavy atom. The van der Waals surface area contributed by atoms with Crippen LogP contribution in [0.5, 0.6) is 5.75 Å². The van der Waals surface area contributed by atoms with Crippen LogP contribution < -0.4 is 10.1 Å². The van der Waals surface area contributed by atoms with E-state index in [2.05, 4.69) is 10.4 Å². The highest BCUT2D eigenvalue weighted by Gasteiger charge is 2.34. The molecular weight excluding hydrogens is 398 g/mol. The average molecular weight is 418 g/mol. The van der Waals surface area contributed by atoms with Crippen LogP contribution >= 0.6 is 23.4 Å². The number of hydrogen-bond acceptors (Lipinski definition) is 5. The van der Waals surface area contributed by atoms with E-state index in [1.807, 2.05) is 31.2 Å². The minimum Gasteiger partial charge on any atom is -0.489 e. The van der Waals surface area contributed by atoms with Crippen molar-refractivity contribution < 1.29 is 14.3 Å². The molecule has 0 aliphatic carbocycles. The molecule has 8 heteroatoms. The van der Waals surface area contributed by atoms with E-state index in [4.69, 9.17) is 16.3 Å². The van der Waals surface area contributed by atoms with Crippen LogP contribution in [0.1, 0.15) is 35.9 Å². The lowest BCUT2D eigenvalue weighted by Crippen LogP contribution is -2.25. The van der Waals surface area contributed by atoms with Gasteiger partial charge < -0.3 is 10.1 Å². The molecule has 1 heterocycles. The second-order valence-electron chi connectivity index (χ2n) is 6.38. The van der Waals surface area contributed by atoms with Crippen LogP contribution in [0.2, 0.25) is 5.02 Å². The number of aryl methyl sites for hydroxylation is 1. The van der Waals surface area contributed by atoms with Crippen molar-refractivity contribution in [2.75, 3.05) is 0 Å². The summed E-state index contributed by atoms with van der Waals surface area (Å²) in [5.74, 6) is 0.104. The number of benzene rings is 2. The Hall–Kier alpha value is -2.51. The van der Waals surface area contributed by atoms with E-state index in [1.54, 1.807) is 18.2 Å². The van der Waals surface area contributed by atoms with Crippen molar-refractivity contribution in [1.82, 2.24) is 10.3 Å². The van der Waals surface area contributed by atoms with Crippen molar-refractivity contribution in [3.8, 4) is 5.75 Å². The molecule has 28 heavy (non-hydrogen) atoms. The van der Waals surface area contributed by atoms with Crippen molar-refractivity contribution >= 4 is 40.3 Å². The SMILES string of the molecule is CC(=O)NC1=NN(C(C)=O)C(c2cc(Cl)ccc2OCc2ccc(C)cc2)S1. The minimum absolute atomic E-state index is 0.248. The summed E-state index contributed by atoms with van der Waals surface area (Å²) < 4.78 is 6.03. The number of hydrazone groups is 1. The predicted octanol–water partition coefficient (Wildman–Crippen LogP) is 4.23. The number of halogens is 1. The Balaban J connectivity index is 1.86. The van der Waals surface area contributed by atoms with Crippen LogP contribution in [0.15, 0.2) is 47.6 Å². The largest absolute Gasteiger partial charge is 0.489 e. The van der Waals surface area contributed by atoms with Crippen molar-refractivity contribution in [1.29, 1.82) is 0 Å². The first kappa shape index (κ1) is 20.2. The number of amidine groups is 1. The van der Waals surface area contributed by atoms with Gasteiger partial charge >= 0.3 is 0 Å². The fourth-order valence-corrected chi connectivity index (χ4v) is 3.99. The van der Waals surface area contributed by atoms with E-state index in [9.17, 15) is 9.59 Å². The van der Waals surface area contributed by atoms with Crippen molar-refractivity contribution in [3.63, 3.8) is 0 Å². The Morgan fingerprint density at radius 1 is 1.21 bits per heavy atom. The summed E-state index contributed by atoms with van der Waals surface area (Å²) in [6.45, 7) is 5.23. The monoisotopic (exact) mass is 417 g/mol. The van der Waals surface area contributed by atoms with Crippen LogP contribution in [0, 0.1) is 6.92 Å². The molecule has 0 bridgehead atoms. The van der Waals surface area contributed by atoms with Gasteiger partial charge in [-0.15, -0.1) is 5.10 Å². The maximum absolute atomic E-state index is 12.1. The number of amides is 2. The number of thioether (sulfide) groups is 1. The summed E-state index contributed by atoms with van der Waals surface area (Å²) in [6.07, 6.45) is 0. The molecule has 1 aliphatic rings. The molecule has 1 aliphatic heterocycles. The van der Waals surface area contributed by atoms with E-state index < -0.39 is 5.37 Å². The van der Waals surface area contributed by atoms with E-state index in [0.29, 0.717) is 28.1 Å². The van der Waals surface area contributed by atoms with Gasteiger partial charge in [0.25, 0.3) is 0 Å². The van der Waals surface area contributed by atoms with Gasteiger partial charge in [0.1, 0.15) is 17.7 Å². The van der Waals surface area contributed by atoms with Crippen molar-refractivity contribution in [2.24, 2.45) is 5.10 Å². The molecule has 2 aromatic rings. The molecule has 2 aromatic carbocycles. The number of nitrogens with zero attached hydrogens (tertiary/aromatic N) is 2. The van der Waals surface area contributed by atoms with E-state index in [1.165, 1.54) is 36.2 Å². The van der Waals surface area contributed by atoms with Crippen LogP contribution in [-0.4, -0.2) is 22.0 Å². The van der Waals surface area contributed by atoms with Gasteiger partial charge in [0.05, 0.1) is 0 Å². The summed E-state index contributed by atoms with van der Waals surface area (Å²) >= 11 is 7.46. The molecule has 1 unspecified atom stereocenters. The van der Waals surface area contributed by atoms with E-state index in [0.717, 1.165) is 5.56 Å². The number of carbonyl (C=O) groups excluding carboxylic acids is 2. The third-order valence-corrected chi connectivity index (χ3v) is 5.32. The number of nitrogens with one attached hydrogen (secondary N) is 1. The zero-order valence-corrected chi connectivity index (χ0v) is 17.3. The summed E-state index contributed by atoms with van der Waals surface area (Å²) in [5.41, 5.74) is 2.92. The topological polar surface area (TPSA) is 71.0 Å². The molecule has 0 fully saturated rings. The first-order valence-electron chi connectivity index (χ1n) is 8.64. The van der Waals surface area contributed by atoms with Gasteiger partial charge in [-0.05, 0) is 30.7 Å². The molecule has 3 rings (SSSR count). The first-order chi connectivity index (χ1) is 13.3. The van der Waals surface area contributed by atoms with Gasteiger partial charge in [-0.2, -0.15) is 0 Å². The van der Waals surface area contributed by atoms with Gasteiger partial charge in [-0.1, -0.05) is 53.2 Å². The summed E-state index contributed by atoms with van der Waals surface area (Å²) in [7, 11) is 0. The van der Waals surface area contributed by atoms with Gasteiger partial charge in [-0.25, -0.2) is 5.01 Å². The lowest BCUT2D eigenvalue weighted by atomic mass is 10.1. The van der Waals surface area contributed by atoms with Gasteiger partial charge in [0, 0.05) is 24.4 Å². The van der Waals surface area contributed by atoms with Crippen LogP contribution in [0.3, 0.4) is 0 Å². The highest BCUT2D eigenvalue weighted by Crippen LogP contribution is 2.43. The summed E-state index contributed by atoms with van der Waals surface area (Å²) in [5, 5.41) is 8.57. The Morgan fingerprint density at radius 2 is 1.93 bits per heavy atom. The lowest BCUT2D eigenvalue weighted by molar-refractivity contribution is -0.129. The Kier molecular flexibility index (Phi) is 6.26. The molecule has 146 valence electrons. The van der Waals surface area contributed by atoms with Gasteiger partial charge in [0.15, 0.2) is 5.17 Å². The smallest absolute Gasteiger partial charge is 0.241 e. The number of hydrogen-bond donors (Lipinski definition) is 1. The number of ether oxygens (including phenoxy) is 1. The van der Waals surface area contributed by atoms with Crippen molar-refractivity contribution in [2.45, 2.75) is 32.8 Å². The van der Waals surface area contributed by atoms with Crippen molar-refractivity contribution in [3.05, 3.63) is 64.2 Å². The molecule has 1 atom stereocenters. The second kappa shape index (κ2) is 8.67. The standard InChI is InChI=1S/C20H20ClN3O3S/c1-12-4-6-15(7-5-12)11-27-18-9-8-16(21)10-17(18)19-24(14(3)26)23-20(28-19)22-13(2)25/h4-10,19H,11H2,1-3H3,(H,22,23,25). The number of carbonyl (C=O) groups is 2. The highest BCUT2D eigenvalue weighted by atomic mass is 35.5. The van der Waals surface area contributed by atoms with Crippen LogP contribution in [0.25, 0.3) is 0 Å². The Labute approximate surface area is 172 Å². The zero-order valence-electron chi connectivity index (χ0n) is 15.7. The molecule has 0 spiro atoms. The number of rotatable bonds is 4. The summed E-state index contributed by atoms with van der Waals surface area (Å²) in [4.78, 5) is 23.5. The van der Waals surface area contributed by atoms with Gasteiger partial charge in [-0.3, -0.25) is 9.59 Å². The molecule has 1 N–H and O–H groups in total. The predicted molar refractivity (Wildman–Crippen MR) is 111 cm³/mol. The lowest BCUT2D eigenvalue weighted by Gasteiger charge is -2.22. The molecule has 0 saturated heterocycles. The quantitative estimate of drug-likeness (QED) is 0.808. The fraction of sp³-hybridized carbons (Fsp3) is 0.250. The molecule has 0 aromatic heterocycles. The molecule has 0 radical (unpaired) electrons. The maximum Gasteiger partial charge on any atom is 0.241 e. The van der Waals surface area contributed by atoms with Crippen LogP contribution in [-0.2, 0) is 16.2 Å². The van der Waals surface area contributed by atoms with Crippen LogP contribution in [0.4, 0.5) is 0 Å². The second-order valence-corrected chi connectivity index (χ2v) is 7.88. The molecule has 2 amide bonds. The first-order valence-corrected chi connectivity index (χ1v) is 9.89. The van der Waals surface area contributed by atoms with E-state index >= 15 is 0 Å². The molecule has 0 saturated carbocycles. The van der Waals surface area contributed by atoms with E-state index in [-0.39, 0.29) is 11.8 Å². The third-order valence-electron chi connectivity index (χ3n) is 4.00. The molecular formula is C20H20ClN3O3S. The van der Waals surface area contributed by atoms with Gasteiger partial charge in [0.2, 0.25) is 11.8 Å². The maximum atomic E-state index is 12.1. The average Bonchev–Trinajstić information content (AvgIpc) is 3.05. The minimum atomic E-state index is -0.480. The molecule has 6 nitrogen and oxygen atoms in total. The normalized spacial score (nSPS) is 15.9. The summed E-state index contributed by atoms with van der Waals surface area (Å²) in [6, 6.07) is 13.3. The third kappa shape index (κ3) is 4.85. The Bertz CT molecular complexity index is 931.